The van der Waals surface area contributed by atoms with Crippen LogP contribution in [-0.4, -0.2) is 13.4 Å². The molecule has 0 N–H and O–H groups in total. The van der Waals surface area contributed by atoms with Gasteiger partial charge in [-0.1, -0.05) is 11.6 Å². The summed E-state index contributed by atoms with van der Waals surface area (Å²) in [5.74, 6) is 0.804. The normalized spacial score (nSPS) is 14.1. The largest absolute Gasteiger partial charge is 0.497 e. The maximum absolute atomic E-state index is 10.9. The summed E-state index contributed by atoms with van der Waals surface area (Å²) in [5, 5.41) is 0. The monoisotopic (exact) mass is 188 g/mol. The zero-order valence-corrected chi connectivity index (χ0v) is 8.33. The minimum atomic E-state index is 0.804. The van der Waals surface area contributed by atoms with Crippen molar-refractivity contribution >= 4 is 11.9 Å². The maximum atomic E-state index is 10.9. The summed E-state index contributed by atoms with van der Waals surface area (Å²) in [6, 6.07) is 5.88. The van der Waals surface area contributed by atoms with E-state index >= 15 is 0 Å². The Morgan fingerprint density at radius 1 is 1.43 bits per heavy atom. The van der Waals surface area contributed by atoms with E-state index in [2.05, 4.69) is 0 Å². The molecule has 1 aromatic carbocycles. The second-order valence-corrected chi connectivity index (χ2v) is 3.51. The number of allylic oxidation sites excluding steroid dienone is 2. The molecule has 0 saturated carbocycles. The summed E-state index contributed by atoms with van der Waals surface area (Å²) in [7, 11) is 1.63. The molecule has 1 aliphatic rings. The van der Waals surface area contributed by atoms with Crippen molar-refractivity contribution in [3.63, 3.8) is 0 Å². The molecule has 0 fully saturated rings. The number of ether oxygens (including phenoxy) is 1. The second kappa shape index (κ2) is 3.29. The number of hydrogen-bond donors (Lipinski definition) is 0. The van der Waals surface area contributed by atoms with Gasteiger partial charge in [0.05, 0.1) is 7.11 Å². The van der Waals surface area contributed by atoms with Crippen LogP contribution in [0, 0.1) is 0 Å². The molecule has 2 heteroatoms. The highest BCUT2D eigenvalue weighted by Crippen LogP contribution is 2.33. The average Bonchev–Trinajstić information content (AvgIpc) is 2.52. The molecule has 0 radical (unpaired) electrons. The van der Waals surface area contributed by atoms with Gasteiger partial charge in [-0.2, -0.15) is 0 Å². The molecular weight excluding hydrogens is 176 g/mol. The highest BCUT2D eigenvalue weighted by Gasteiger charge is 2.18. The zero-order chi connectivity index (χ0) is 10.1. The van der Waals surface area contributed by atoms with Crippen molar-refractivity contribution in [3.05, 3.63) is 34.9 Å². The van der Waals surface area contributed by atoms with E-state index in [4.69, 9.17) is 4.74 Å². The van der Waals surface area contributed by atoms with Crippen LogP contribution >= 0.6 is 0 Å². The first-order valence-electron chi connectivity index (χ1n) is 4.58. The van der Waals surface area contributed by atoms with Gasteiger partial charge < -0.3 is 4.74 Å². The molecule has 72 valence electrons. The third kappa shape index (κ3) is 1.23. The average molecular weight is 188 g/mol. The number of rotatable bonds is 2. The topological polar surface area (TPSA) is 26.3 Å². The number of methoxy groups -OCH3 is 1. The fourth-order valence-corrected chi connectivity index (χ4v) is 1.86. The molecule has 0 heterocycles. The summed E-state index contributed by atoms with van der Waals surface area (Å²) in [4.78, 5) is 10.9. The number of carbonyl (C=O) groups excluding carboxylic acids is 1. The summed E-state index contributed by atoms with van der Waals surface area (Å²) >= 11 is 0. The SMILES string of the molecule is COc1ccc2c(c1)C(C=O)=C(C)C2. The molecule has 0 amide bonds. The highest BCUT2D eigenvalue weighted by atomic mass is 16.5. The van der Waals surface area contributed by atoms with Gasteiger partial charge in [0.1, 0.15) is 5.75 Å². The van der Waals surface area contributed by atoms with Crippen LogP contribution in [0.1, 0.15) is 18.1 Å². The van der Waals surface area contributed by atoms with E-state index in [1.165, 1.54) is 5.56 Å². The summed E-state index contributed by atoms with van der Waals surface area (Å²) < 4.78 is 5.13. The van der Waals surface area contributed by atoms with Crippen LogP contribution in [0.3, 0.4) is 0 Å². The van der Waals surface area contributed by atoms with Crippen LogP contribution in [0.2, 0.25) is 0 Å². The van der Waals surface area contributed by atoms with E-state index in [0.29, 0.717) is 0 Å². The van der Waals surface area contributed by atoms with Gasteiger partial charge in [0, 0.05) is 5.57 Å². The molecule has 0 aliphatic heterocycles. The molecule has 0 atom stereocenters. The van der Waals surface area contributed by atoms with E-state index in [1.807, 2.05) is 25.1 Å². The molecule has 0 bridgehead atoms. The van der Waals surface area contributed by atoms with Crippen molar-refractivity contribution in [2.24, 2.45) is 0 Å². The van der Waals surface area contributed by atoms with Crippen molar-refractivity contribution in [1.82, 2.24) is 0 Å². The standard InChI is InChI=1S/C12H12O2/c1-8-5-9-3-4-10(14-2)6-11(9)12(8)7-13/h3-4,6-7H,5H2,1-2H3. The van der Waals surface area contributed by atoms with E-state index in [0.717, 1.165) is 35.2 Å². The van der Waals surface area contributed by atoms with Crippen molar-refractivity contribution in [2.45, 2.75) is 13.3 Å². The Balaban J connectivity index is 2.54. The molecular formula is C12H12O2. The first kappa shape index (κ1) is 9.00. The maximum Gasteiger partial charge on any atom is 0.150 e. The lowest BCUT2D eigenvalue weighted by Crippen LogP contribution is -1.88. The quantitative estimate of drug-likeness (QED) is 0.665. The first-order chi connectivity index (χ1) is 6.76. The van der Waals surface area contributed by atoms with Gasteiger partial charge in [-0.3, -0.25) is 4.79 Å². The summed E-state index contributed by atoms with van der Waals surface area (Å²) in [5.41, 5.74) is 4.20. The molecule has 0 aromatic heterocycles. The summed E-state index contributed by atoms with van der Waals surface area (Å²) in [6.45, 7) is 2.00. The minimum absolute atomic E-state index is 0.804. The molecule has 1 aliphatic carbocycles. The van der Waals surface area contributed by atoms with Gasteiger partial charge >= 0.3 is 0 Å². The molecule has 2 nitrogen and oxygen atoms in total. The molecule has 0 unspecified atom stereocenters. The van der Waals surface area contributed by atoms with Gasteiger partial charge in [0.15, 0.2) is 6.29 Å². The fraction of sp³-hybridized carbons (Fsp3) is 0.250. The van der Waals surface area contributed by atoms with Crippen LogP contribution < -0.4 is 4.74 Å². The van der Waals surface area contributed by atoms with Gasteiger partial charge in [-0.15, -0.1) is 0 Å². The molecule has 1 aromatic rings. The van der Waals surface area contributed by atoms with Gasteiger partial charge in [-0.05, 0) is 36.6 Å². The molecule has 0 saturated heterocycles. The predicted octanol–water partition coefficient (Wildman–Crippen LogP) is 2.22. The lowest BCUT2D eigenvalue weighted by molar-refractivity contribution is -0.103. The molecule has 0 spiro atoms. The summed E-state index contributed by atoms with van der Waals surface area (Å²) in [6.07, 6.45) is 1.81. The molecule has 2 rings (SSSR count). The zero-order valence-electron chi connectivity index (χ0n) is 8.33. The van der Waals surface area contributed by atoms with Crippen LogP contribution in [-0.2, 0) is 11.2 Å². The Hall–Kier alpha value is -1.57. The van der Waals surface area contributed by atoms with Crippen molar-refractivity contribution < 1.29 is 9.53 Å². The number of benzene rings is 1. The Kier molecular flexibility index (Phi) is 2.12. The number of hydrogen-bond acceptors (Lipinski definition) is 2. The smallest absolute Gasteiger partial charge is 0.150 e. The third-order valence-electron chi connectivity index (χ3n) is 2.64. The van der Waals surface area contributed by atoms with E-state index in [1.54, 1.807) is 7.11 Å². The number of aldehydes is 1. The van der Waals surface area contributed by atoms with Gasteiger partial charge in [0.25, 0.3) is 0 Å². The Bertz CT molecular complexity index is 416. The van der Waals surface area contributed by atoms with Crippen molar-refractivity contribution in [3.8, 4) is 5.75 Å². The first-order valence-corrected chi connectivity index (χ1v) is 4.58. The van der Waals surface area contributed by atoms with Crippen molar-refractivity contribution in [1.29, 1.82) is 0 Å². The van der Waals surface area contributed by atoms with Crippen LogP contribution in [0.4, 0.5) is 0 Å². The molecule has 14 heavy (non-hydrogen) atoms. The van der Waals surface area contributed by atoms with Crippen LogP contribution in [0.5, 0.6) is 5.75 Å². The lowest BCUT2D eigenvalue weighted by atomic mass is 10.1. The fourth-order valence-electron chi connectivity index (χ4n) is 1.86. The van der Waals surface area contributed by atoms with Gasteiger partial charge in [-0.25, -0.2) is 0 Å². The predicted molar refractivity (Wildman–Crippen MR) is 55.4 cm³/mol. The minimum Gasteiger partial charge on any atom is -0.497 e. The highest BCUT2D eigenvalue weighted by molar-refractivity contribution is 6.10. The van der Waals surface area contributed by atoms with Crippen LogP contribution in [0.15, 0.2) is 23.8 Å². The van der Waals surface area contributed by atoms with Gasteiger partial charge in [0.2, 0.25) is 0 Å². The van der Waals surface area contributed by atoms with Crippen LogP contribution in [0.25, 0.3) is 5.57 Å². The lowest BCUT2D eigenvalue weighted by Gasteiger charge is -2.03. The van der Waals surface area contributed by atoms with Crippen molar-refractivity contribution in [2.75, 3.05) is 7.11 Å². The Morgan fingerprint density at radius 2 is 2.21 bits per heavy atom. The number of carbonyl (C=O) groups is 1. The van der Waals surface area contributed by atoms with E-state index < -0.39 is 0 Å². The number of fused-ring (bicyclic) bond motifs is 1. The third-order valence-corrected chi connectivity index (χ3v) is 2.64. The van der Waals surface area contributed by atoms with E-state index in [-0.39, 0.29) is 0 Å². The Morgan fingerprint density at radius 3 is 2.86 bits per heavy atom. The second-order valence-electron chi connectivity index (χ2n) is 3.51. The van der Waals surface area contributed by atoms with E-state index in [9.17, 15) is 4.79 Å². The Labute approximate surface area is 83.2 Å².